The average Bonchev–Trinajstić information content (AvgIpc) is 2.54. The maximum absolute atomic E-state index is 12.3. The molecule has 0 heterocycles. The van der Waals surface area contributed by atoms with Crippen LogP contribution in [-0.4, -0.2) is 18.9 Å². The number of aryl methyl sites for hydroxylation is 1. The Morgan fingerprint density at radius 2 is 1.59 bits per heavy atom. The number of methoxy groups -OCH3 is 1. The first kappa shape index (κ1) is 18.4. The Balaban J connectivity index is 2.22. The first-order valence-corrected chi connectivity index (χ1v) is 8.37. The molecule has 0 bridgehead atoms. The van der Waals surface area contributed by atoms with Gasteiger partial charge in [-0.3, -0.25) is 9.59 Å². The fourth-order valence-corrected chi connectivity index (χ4v) is 2.60. The van der Waals surface area contributed by atoms with Crippen molar-refractivity contribution in [2.45, 2.75) is 64.7 Å². The van der Waals surface area contributed by atoms with Crippen molar-refractivity contribution in [1.82, 2.24) is 0 Å². The van der Waals surface area contributed by atoms with E-state index in [1.165, 1.54) is 12.7 Å². The van der Waals surface area contributed by atoms with Gasteiger partial charge in [0.15, 0.2) is 5.78 Å². The van der Waals surface area contributed by atoms with Gasteiger partial charge in [-0.15, -0.1) is 0 Å². The number of rotatable bonds is 11. The van der Waals surface area contributed by atoms with E-state index >= 15 is 0 Å². The van der Waals surface area contributed by atoms with Crippen LogP contribution >= 0.6 is 0 Å². The van der Waals surface area contributed by atoms with Crippen LogP contribution in [0.25, 0.3) is 0 Å². The fraction of sp³-hybridized carbons (Fsp3) is 0.579. The van der Waals surface area contributed by atoms with Gasteiger partial charge >= 0.3 is 5.97 Å². The van der Waals surface area contributed by atoms with Crippen LogP contribution in [0.15, 0.2) is 24.3 Å². The maximum Gasteiger partial charge on any atom is 0.305 e. The van der Waals surface area contributed by atoms with Crippen LogP contribution in [0.3, 0.4) is 0 Å². The summed E-state index contributed by atoms with van der Waals surface area (Å²) in [6.45, 7) is 2.13. The Labute approximate surface area is 134 Å². The molecule has 0 aliphatic carbocycles. The Hall–Kier alpha value is -1.64. The molecule has 0 unspecified atom stereocenters. The number of unbranched alkanes of at least 4 members (excludes halogenated alkanes) is 4. The molecule has 3 nitrogen and oxygen atoms in total. The monoisotopic (exact) mass is 304 g/mol. The number of esters is 1. The second-order valence-electron chi connectivity index (χ2n) is 5.67. The number of hydrogen-bond acceptors (Lipinski definition) is 3. The van der Waals surface area contributed by atoms with E-state index in [0.717, 1.165) is 50.5 Å². The molecule has 1 rings (SSSR count). The summed E-state index contributed by atoms with van der Waals surface area (Å²) in [5, 5.41) is 0. The lowest BCUT2D eigenvalue weighted by Crippen LogP contribution is -2.03. The number of hydrogen-bond donors (Lipinski definition) is 0. The van der Waals surface area contributed by atoms with Gasteiger partial charge in [0.1, 0.15) is 0 Å². The summed E-state index contributed by atoms with van der Waals surface area (Å²) < 4.78 is 4.61. The number of carbonyl (C=O) groups excluding carboxylic acids is 2. The van der Waals surface area contributed by atoms with Gasteiger partial charge in [-0.05, 0) is 24.8 Å². The molecule has 0 atom stereocenters. The van der Waals surface area contributed by atoms with Crippen molar-refractivity contribution in [3.63, 3.8) is 0 Å². The molecule has 0 fully saturated rings. The van der Waals surface area contributed by atoms with Gasteiger partial charge in [-0.25, -0.2) is 0 Å². The molecule has 0 N–H and O–H groups in total. The molecule has 0 spiro atoms. The van der Waals surface area contributed by atoms with Crippen LogP contribution < -0.4 is 0 Å². The van der Waals surface area contributed by atoms with Gasteiger partial charge in [0.2, 0.25) is 0 Å². The first-order valence-electron chi connectivity index (χ1n) is 8.37. The van der Waals surface area contributed by atoms with E-state index in [2.05, 4.69) is 17.7 Å². The minimum atomic E-state index is -0.136. The average molecular weight is 304 g/mol. The zero-order valence-electron chi connectivity index (χ0n) is 13.9. The zero-order chi connectivity index (χ0) is 16.2. The lowest BCUT2D eigenvalue weighted by Gasteiger charge is -2.07. The van der Waals surface area contributed by atoms with Crippen LogP contribution in [0.2, 0.25) is 0 Å². The second-order valence-corrected chi connectivity index (χ2v) is 5.67. The summed E-state index contributed by atoms with van der Waals surface area (Å²) in [6, 6.07) is 7.95. The molecular weight excluding hydrogens is 276 g/mol. The van der Waals surface area contributed by atoms with E-state index < -0.39 is 0 Å². The second kappa shape index (κ2) is 11.0. The number of ketones is 1. The van der Waals surface area contributed by atoms with Crippen LogP contribution in [0.1, 0.15) is 74.2 Å². The Morgan fingerprint density at radius 3 is 2.27 bits per heavy atom. The highest BCUT2D eigenvalue weighted by molar-refractivity contribution is 5.97. The summed E-state index contributed by atoms with van der Waals surface area (Å²) in [5.74, 6) is 0.126. The molecule has 3 heteroatoms. The molecule has 0 saturated heterocycles. The fourth-order valence-electron chi connectivity index (χ4n) is 2.60. The van der Waals surface area contributed by atoms with E-state index in [-0.39, 0.29) is 11.8 Å². The molecule has 22 heavy (non-hydrogen) atoms. The lowest BCUT2D eigenvalue weighted by molar-refractivity contribution is -0.140. The summed E-state index contributed by atoms with van der Waals surface area (Å²) in [6.07, 6.45) is 8.09. The van der Waals surface area contributed by atoms with Crippen molar-refractivity contribution >= 4 is 11.8 Å². The topological polar surface area (TPSA) is 43.4 Å². The molecule has 0 aliphatic heterocycles. The van der Waals surface area contributed by atoms with Gasteiger partial charge < -0.3 is 4.74 Å². The van der Waals surface area contributed by atoms with Crippen LogP contribution in [0.4, 0.5) is 0 Å². The molecule has 0 aromatic heterocycles. The third kappa shape index (κ3) is 6.88. The third-order valence-corrected chi connectivity index (χ3v) is 3.85. The predicted octanol–water partition coefficient (Wildman–Crippen LogP) is 4.73. The molecule has 0 amide bonds. The molecule has 0 radical (unpaired) electrons. The number of carbonyl (C=O) groups is 2. The number of ether oxygens (including phenoxy) is 1. The van der Waals surface area contributed by atoms with Crippen LogP contribution in [0.5, 0.6) is 0 Å². The van der Waals surface area contributed by atoms with Crippen LogP contribution in [0, 0.1) is 0 Å². The summed E-state index contributed by atoms with van der Waals surface area (Å²) in [7, 11) is 1.42. The van der Waals surface area contributed by atoms with Gasteiger partial charge in [0, 0.05) is 18.4 Å². The van der Waals surface area contributed by atoms with Crippen molar-refractivity contribution in [3.8, 4) is 0 Å². The maximum atomic E-state index is 12.3. The highest BCUT2D eigenvalue weighted by Gasteiger charge is 2.09. The van der Waals surface area contributed by atoms with E-state index in [9.17, 15) is 9.59 Å². The largest absolute Gasteiger partial charge is 0.469 e. The van der Waals surface area contributed by atoms with Crippen LogP contribution in [-0.2, 0) is 16.0 Å². The predicted molar refractivity (Wildman–Crippen MR) is 89.1 cm³/mol. The van der Waals surface area contributed by atoms with Crippen molar-refractivity contribution in [2.24, 2.45) is 0 Å². The van der Waals surface area contributed by atoms with E-state index in [1.807, 2.05) is 18.2 Å². The SMILES string of the molecule is CCCc1ccccc1C(=O)CCCCCCCC(=O)OC. The number of benzene rings is 1. The smallest absolute Gasteiger partial charge is 0.305 e. The normalized spacial score (nSPS) is 10.5. The lowest BCUT2D eigenvalue weighted by atomic mass is 9.97. The molecular formula is C19H28O3. The molecule has 0 aliphatic rings. The standard InChI is InChI=1S/C19H28O3/c1-3-11-16-12-9-10-13-17(16)18(20)14-7-5-4-6-8-15-19(21)22-2/h9-10,12-13H,3-8,11,14-15H2,1-2H3. The third-order valence-electron chi connectivity index (χ3n) is 3.85. The molecule has 122 valence electrons. The Bertz CT molecular complexity index is 466. The van der Waals surface area contributed by atoms with Gasteiger partial charge in [-0.2, -0.15) is 0 Å². The quantitative estimate of drug-likeness (QED) is 0.337. The number of Topliss-reactive ketones (excluding diaryl/α,β-unsaturated/α-hetero) is 1. The summed E-state index contributed by atoms with van der Waals surface area (Å²) in [4.78, 5) is 23.3. The van der Waals surface area contributed by atoms with Crippen molar-refractivity contribution in [3.05, 3.63) is 35.4 Å². The van der Waals surface area contributed by atoms with Crippen molar-refractivity contribution < 1.29 is 14.3 Å². The van der Waals surface area contributed by atoms with Crippen molar-refractivity contribution in [1.29, 1.82) is 0 Å². The van der Waals surface area contributed by atoms with E-state index in [1.54, 1.807) is 0 Å². The van der Waals surface area contributed by atoms with E-state index in [0.29, 0.717) is 12.8 Å². The minimum absolute atomic E-state index is 0.136. The van der Waals surface area contributed by atoms with E-state index in [4.69, 9.17) is 0 Å². The highest BCUT2D eigenvalue weighted by atomic mass is 16.5. The Kier molecular flexibility index (Phi) is 9.20. The van der Waals surface area contributed by atoms with Crippen molar-refractivity contribution in [2.75, 3.05) is 7.11 Å². The first-order chi connectivity index (χ1) is 10.7. The highest BCUT2D eigenvalue weighted by Crippen LogP contribution is 2.16. The van der Waals surface area contributed by atoms with Gasteiger partial charge in [-0.1, -0.05) is 56.9 Å². The Morgan fingerprint density at radius 1 is 0.955 bits per heavy atom. The summed E-state index contributed by atoms with van der Waals surface area (Å²) >= 11 is 0. The van der Waals surface area contributed by atoms with Gasteiger partial charge in [0.25, 0.3) is 0 Å². The zero-order valence-corrected chi connectivity index (χ0v) is 13.9. The molecule has 0 saturated carbocycles. The molecule has 1 aromatic rings. The molecule has 1 aromatic carbocycles. The summed E-state index contributed by atoms with van der Waals surface area (Å²) in [5.41, 5.74) is 2.07. The minimum Gasteiger partial charge on any atom is -0.469 e. The van der Waals surface area contributed by atoms with Gasteiger partial charge in [0.05, 0.1) is 7.11 Å².